The third-order valence-electron chi connectivity index (χ3n) is 3.27. The summed E-state index contributed by atoms with van der Waals surface area (Å²) in [6.45, 7) is 3.76. The molecule has 5 nitrogen and oxygen atoms in total. The van der Waals surface area contributed by atoms with Crippen molar-refractivity contribution in [1.29, 1.82) is 0 Å². The minimum Gasteiger partial charge on any atom is -0.480 e. The molecule has 1 heterocycles. The van der Waals surface area contributed by atoms with Crippen LogP contribution >= 0.6 is 0 Å². The summed E-state index contributed by atoms with van der Waals surface area (Å²) >= 11 is 0. The fraction of sp³-hybridized carbons (Fsp3) is 0.417. The summed E-state index contributed by atoms with van der Waals surface area (Å²) in [6, 6.07) is 3.33. The average Bonchev–Trinajstić information content (AvgIpc) is 2.26. The van der Waals surface area contributed by atoms with Crippen molar-refractivity contribution >= 4 is 21.5 Å². The van der Waals surface area contributed by atoms with E-state index in [2.05, 4.69) is 0 Å². The SMILES string of the molecule is Cc1ccc2c(c1C)N(CC(=O)O)CCS2(=O)=O. The molecule has 1 aromatic rings. The van der Waals surface area contributed by atoms with E-state index >= 15 is 0 Å². The normalized spacial score (nSPS) is 17.3. The van der Waals surface area contributed by atoms with Crippen LogP contribution in [0.4, 0.5) is 5.69 Å². The van der Waals surface area contributed by atoms with E-state index < -0.39 is 15.8 Å². The van der Waals surface area contributed by atoms with Crippen molar-refractivity contribution in [2.24, 2.45) is 0 Å². The van der Waals surface area contributed by atoms with Gasteiger partial charge in [0.05, 0.1) is 16.3 Å². The molecule has 0 atom stereocenters. The summed E-state index contributed by atoms with van der Waals surface area (Å²) in [7, 11) is -3.28. The Hall–Kier alpha value is -1.56. The van der Waals surface area contributed by atoms with Gasteiger partial charge in [-0.15, -0.1) is 0 Å². The molecule has 18 heavy (non-hydrogen) atoms. The van der Waals surface area contributed by atoms with Gasteiger partial charge in [-0.1, -0.05) is 6.07 Å². The summed E-state index contributed by atoms with van der Waals surface area (Å²) in [5.41, 5.74) is 2.34. The average molecular weight is 269 g/mol. The van der Waals surface area contributed by atoms with Gasteiger partial charge in [0.15, 0.2) is 9.84 Å². The van der Waals surface area contributed by atoms with Crippen molar-refractivity contribution in [2.75, 3.05) is 23.7 Å². The fourth-order valence-corrected chi connectivity index (χ4v) is 3.73. The quantitative estimate of drug-likeness (QED) is 0.866. The van der Waals surface area contributed by atoms with E-state index in [4.69, 9.17) is 5.11 Å². The number of carbonyl (C=O) groups is 1. The van der Waals surface area contributed by atoms with E-state index in [1.165, 1.54) is 0 Å². The van der Waals surface area contributed by atoms with Crippen LogP contribution in [0, 0.1) is 13.8 Å². The maximum Gasteiger partial charge on any atom is 0.323 e. The first kappa shape index (κ1) is 12.9. The molecular formula is C12H15NO4S. The van der Waals surface area contributed by atoms with Crippen molar-refractivity contribution in [3.63, 3.8) is 0 Å². The number of anilines is 1. The molecule has 0 saturated carbocycles. The summed E-state index contributed by atoms with van der Waals surface area (Å²) in [6.07, 6.45) is 0. The Labute approximate surface area is 106 Å². The van der Waals surface area contributed by atoms with Crippen LogP contribution in [0.2, 0.25) is 0 Å². The van der Waals surface area contributed by atoms with Crippen molar-refractivity contribution in [3.8, 4) is 0 Å². The number of aryl methyl sites for hydroxylation is 1. The Morgan fingerprint density at radius 3 is 2.67 bits per heavy atom. The predicted octanol–water partition coefficient (Wildman–Crippen LogP) is 0.982. The van der Waals surface area contributed by atoms with Gasteiger partial charge in [-0.2, -0.15) is 0 Å². The van der Waals surface area contributed by atoms with Crippen molar-refractivity contribution in [2.45, 2.75) is 18.7 Å². The van der Waals surface area contributed by atoms with Crippen LogP contribution in [0.15, 0.2) is 17.0 Å². The topological polar surface area (TPSA) is 74.7 Å². The number of carboxylic acid groups (broad SMARTS) is 1. The van der Waals surface area contributed by atoms with Crippen LogP contribution in [0.25, 0.3) is 0 Å². The first-order valence-corrected chi connectivity index (χ1v) is 7.28. The third-order valence-corrected chi connectivity index (χ3v) is 4.99. The van der Waals surface area contributed by atoms with Gasteiger partial charge in [0.2, 0.25) is 0 Å². The lowest BCUT2D eigenvalue weighted by molar-refractivity contribution is -0.135. The molecule has 98 valence electrons. The first-order valence-electron chi connectivity index (χ1n) is 5.62. The highest BCUT2D eigenvalue weighted by atomic mass is 32.2. The zero-order chi connectivity index (χ0) is 13.5. The molecule has 0 radical (unpaired) electrons. The van der Waals surface area contributed by atoms with E-state index in [1.807, 2.05) is 13.8 Å². The fourth-order valence-electron chi connectivity index (χ4n) is 2.19. The second kappa shape index (κ2) is 4.28. The van der Waals surface area contributed by atoms with E-state index in [0.29, 0.717) is 5.69 Å². The summed E-state index contributed by atoms with van der Waals surface area (Å²) in [5.74, 6) is -0.989. The molecule has 0 unspecified atom stereocenters. The largest absolute Gasteiger partial charge is 0.480 e. The Kier molecular flexibility index (Phi) is 3.06. The molecule has 1 N–H and O–H groups in total. The van der Waals surface area contributed by atoms with Crippen LogP contribution < -0.4 is 4.90 Å². The first-order chi connectivity index (χ1) is 8.33. The Morgan fingerprint density at radius 1 is 1.39 bits per heavy atom. The third kappa shape index (κ3) is 2.08. The van der Waals surface area contributed by atoms with Crippen LogP contribution in [0.5, 0.6) is 0 Å². The van der Waals surface area contributed by atoms with Gasteiger partial charge in [-0.05, 0) is 31.0 Å². The van der Waals surface area contributed by atoms with Crippen LogP contribution in [0.1, 0.15) is 11.1 Å². The molecule has 1 aliphatic rings. The zero-order valence-corrected chi connectivity index (χ0v) is 11.1. The highest BCUT2D eigenvalue weighted by Gasteiger charge is 2.30. The zero-order valence-electron chi connectivity index (χ0n) is 10.3. The molecule has 0 bridgehead atoms. The molecule has 0 aromatic heterocycles. The number of aliphatic carboxylic acids is 1. The van der Waals surface area contributed by atoms with Gasteiger partial charge >= 0.3 is 5.97 Å². The van der Waals surface area contributed by atoms with E-state index in [0.717, 1.165) is 11.1 Å². The van der Waals surface area contributed by atoms with Gasteiger partial charge in [0.25, 0.3) is 0 Å². The smallest absolute Gasteiger partial charge is 0.323 e. The van der Waals surface area contributed by atoms with E-state index in [1.54, 1.807) is 17.0 Å². The molecule has 0 amide bonds. The van der Waals surface area contributed by atoms with Crippen LogP contribution in [-0.4, -0.2) is 38.3 Å². The number of carboxylic acids is 1. The Morgan fingerprint density at radius 2 is 2.06 bits per heavy atom. The predicted molar refractivity (Wildman–Crippen MR) is 67.8 cm³/mol. The lowest BCUT2D eigenvalue weighted by Gasteiger charge is -2.31. The van der Waals surface area contributed by atoms with Crippen molar-refractivity contribution in [3.05, 3.63) is 23.3 Å². The van der Waals surface area contributed by atoms with Gasteiger partial charge in [0.1, 0.15) is 6.54 Å². The summed E-state index contributed by atoms with van der Waals surface area (Å²) in [5, 5.41) is 8.89. The summed E-state index contributed by atoms with van der Waals surface area (Å²) < 4.78 is 24.0. The molecule has 2 rings (SSSR count). The number of hydrogen-bond acceptors (Lipinski definition) is 4. The number of rotatable bonds is 2. The molecule has 0 aliphatic carbocycles. The molecule has 0 fully saturated rings. The van der Waals surface area contributed by atoms with E-state index in [9.17, 15) is 13.2 Å². The number of hydrogen-bond donors (Lipinski definition) is 1. The lowest BCUT2D eigenvalue weighted by Crippen LogP contribution is -2.39. The van der Waals surface area contributed by atoms with Crippen LogP contribution in [-0.2, 0) is 14.6 Å². The van der Waals surface area contributed by atoms with Gasteiger partial charge in [-0.25, -0.2) is 8.42 Å². The standard InChI is InChI=1S/C12H15NO4S/c1-8-3-4-10-12(9(8)2)13(7-11(14)15)5-6-18(10,16)17/h3-4H,5-7H2,1-2H3,(H,14,15). The second-order valence-electron chi connectivity index (χ2n) is 4.49. The molecule has 0 saturated heterocycles. The molecule has 0 spiro atoms. The van der Waals surface area contributed by atoms with Crippen molar-refractivity contribution in [1.82, 2.24) is 0 Å². The maximum atomic E-state index is 12.0. The Balaban J connectivity index is 2.63. The summed E-state index contributed by atoms with van der Waals surface area (Å²) in [4.78, 5) is 12.7. The molecule has 6 heteroatoms. The Bertz CT molecular complexity index is 607. The maximum absolute atomic E-state index is 12.0. The highest BCUT2D eigenvalue weighted by Crippen LogP contribution is 2.34. The second-order valence-corrected chi connectivity index (χ2v) is 6.57. The number of fused-ring (bicyclic) bond motifs is 1. The number of sulfone groups is 1. The number of nitrogens with zero attached hydrogens (tertiary/aromatic N) is 1. The minimum absolute atomic E-state index is 0.0320. The minimum atomic E-state index is -3.28. The monoisotopic (exact) mass is 269 g/mol. The van der Waals surface area contributed by atoms with Gasteiger partial charge in [0, 0.05) is 6.54 Å². The highest BCUT2D eigenvalue weighted by molar-refractivity contribution is 7.91. The lowest BCUT2D eigenvalue weighted by atomic mass is 10.1. The van der Waals surface area contributed by atoms with Gasteiger partial charge in [-0.3, -0.25) is 4.79 Å². The van der Waals surface area contributed by atoms with Gasteiger partial charge < -0.3 is 10.0 Å². The molecular weight excluding hydrogens is 254 g/mol. The van der Waals surface area contributed by atoms with Crippen molar-refractivity contribution < 1.29 is 18.3 Å². The number of benzene rings is 1. The van der Waals surface area contributed by atoms with E-state index in [-0.39, 0.29) is 23.7 Å². The van der Waals surface area contributed by atoms with Crippen LogP contribution in [0.3, 0.4) is 0 Å². The molecule has 1 aromatic carbocycles. The molecule has 1 aliphatic heterocycles.